The number of para-hydroxylation sites is 1. The zero-order valence-corrected chi connectivity index (χ0v) is 13.1. The van der Waals surface area contributed by atoms with Crippen molar-refractivity contribution in [2.24, 2.45) is 0 Å². The van der Waals surface area contributed by atoms with Crippen molar-refractivity contribution < 1.29 is 5.11 Å². The van der Waals surface area contributed by atoms with Crippen molar-refractivity contribution in [3.63, 3.8) is 0 Å². The molecule has 0 bridgehead atoms. The van der Waals surface area contributed by atoms with Gasteiger partial charge in [0.15, 0.2) is 5.65 Å². The van der Waals surface area contributed by atoms with Gasteiger partial charge in [-0.1, -0.05) is 18.2 Å². The second-order valence-corrected chi connectivity index (χ2v) is 5.53. The lowest BCUT2D eigenvalue weighted by Crippen LogP contribution is -2.36. The number of hydrogen-bond acceptors (Lipinski definition) is 5. The van der Waals surface area contributed by atoms with Crippen LogP contribution in [0.15, 0.2) is 41.3 Å². The minimum atomic E-state index is -0.240. The third-order valence-corrected chi connectivity index (χ3v) is 3.66. The van der Waals surface area contributed by atoms with E-state index in [1.54, 1.807) is 4.68 Å². The molecule has 0 saturated heterocycles. The Bertz CT molecular complexity index is 854. The minimum Gasteiger partial charge on any atom is -0.395 e. The number of nitrogens with zero attached hydrogens (tertiary/aromatic N) is 4. The highest BCUT2D eigenvalue weighted by atomic mass is 16.3. The fourth-order valence-corrected chi connectivity index (χ4v) is 2.52. The molecule has 3 aromatic rings. The SMILES string of the molecule is CC(C)N(CCO)c1nc2c(cnn2-c2ccccc2)c(=O)[nH]1. The molecule has 7 heteroatoms. The van der Waals surface area contributed by atoms with Crippen molar-refractivity contribution >= 4 is 17.0 Å². The van der Waals surface area contributed by atoms with Gasteiger partial charge in [0.05, 0.1) is 18.5 Å². The molecule has 1 aromatic carbocycles. The Morgan fingerprint density at radius 3 is 2.70 bits per heavy atom. The van der Waals surface area contributed by atoms with Gasteiger partial charge in [0.1, 0.15) is 5.39 Å². The summed E-state index contributed by atoms with van der Waals surface area (Å²) in [6.45, 7) is 4.34. The molecule has 0 saturated carbocycles. The zero-order chi connectivity index (χ0) is 16.4. The summed E-state index contributed by atoms with van der Waals surface area (Å²) in [6, 6.07) is 9.64. The average Bonchev–Trinajstić information content (AvgIpc) is 2.97. The summed E-state index contributed by atoms with van der Waals surface area (Å²) in [5.74, 6) is 0.434. The molecule has 0 aliphatic heterocycles. The van der Waals surface area contributed by atoms with E-state index in [9.17, 15) is 9.90 Å². The van der Waals surface area contributed by atoms with Crippen LogP contribution in [0.5, 0.6) is 0 Å². The maximum Gasteiger partial charge on any atom is 0.263 e. The highest BCUT2D eigenvalue weighted by Gasteiger charge is 2.17. The quantitative estimate of drug-likeness (QED) is 0.742. The number of rotatable bonds is 5. The van der Waals surface area contributed by atoms with E-state index in [4.69, 9.17) is 0 Å². The summed E-state index contributed by atoms with van der Waals surface area (Å²) >= 11 is 0. The summed E-state index contributed by atoms with van der Waals surface area (Å²) in [7, 11) is 0. The summed E-state index contributed by atoms with van der Waals surface area (Å²) in [4.78, 5) is 21.5. The zero-order valence-electron chi connectivity index (χ0n) is 13.1. The molecule has 0 fully saturated rings. The summed E-state index contributed by atoms with van der Waals surface area (Å²) in [5, 5.41) is 14.0. The molecule has 0 atom stereocenters. The average molecular weight is 313 g/mol. The van der Waals surface area contributed by atoms with Crippen LogP contribution >= 0.6 is 0 Å². The maximum atomic E-state index is 12.3. The molecule has 0 aliphatic carbocycles. The van der Waals surface area contributed by atoms with Crippen molar-refractivity contribution in [3.05, 3.63) is 46.9 Å². The third kappa shape index (κ3) is 2.83. The van der Waals surface area contributed by atoms with Gasteiger partial charge in [-0.15, -0.1) is 0 Å². The lowest BCUT2D eigenvalue weighted by atomic mass is 10.3. The molecule has 0 radical (unpaired) electrons. The largest absolute Gasteiger partial charge is 0.395 e. The van der Waals surface area contributed by atoms with Crippen molar-refractivity contribution in [2.75, 3.05) is 18.1 Å². The fourth-order valence-electron chi connectivity index (χ4n) is 2.52. The molecule has 23 heavy (non-hydrogen) atoms. The lowest BCUT2D eigenvalue weighted by molar-refractivity contribution is 0.298. The lowest BCUT2D eigenvalue weighted by Gasteiger charge is -2.26. The van der Waals surface area contributed by atoms with E-state index in [0.717, 1.165) is 5.69 Å². The standard InChI is InChI=1S/C16H19N5O2/c1-11(2)20(8-9-22)16-18-14-13(15(23)19-16)10-17-21(14)12-6-4-3-5-7-12/h3-7,10-11,22H,8-9H2,1-2H3,(H,18,19,23). The number of anilines is 1. The van der Waals surface area contributed by atoms with Gasteiger partial charge in [0, 0.05) is 12.6 Å². The van der Waals surface area contributed by atoms with Crippen molar-refractivity contribution in [1.82, 2.24) is 19.7 Å². The molecule has 7 nitrogen and oxygen atoms in total. The van der Waals surface area contributed by atoms with Gasteiger partial charge in [-0.2, -0.15) is 10.1 Å². The van der Waals surface area contributed by atoms with E-state index in [1.807, 2.05) is 49.1 Å². The smallest absolute Gasteiger partial charge is 0.263 e. The molecule has 0 amide bonds. The first kappa shape index (κ1) is 15.2. The number of nitrogens with one attached hydrogen (secondary N) is 1. The van der Waals surface area contributed by atoms with Crippen LogP contribution in [-0.4, -0.2) is 44.0 Å². The number of aliphatic hydroxyl groups is 1. The normalized spacial score (nSPS) is 11.3. The van der Waals surface area contributed by atoms with Gasteiger partial charge >= 0.3 is 0 Å². The summed E-state index contributed by atoms with van der Waals surface area (Å²) < 4.78 is 1.64. The van der Waals surface area contributed by atoms with Gasteiger partial charge in [-0.05, 0) is 26.0 Å². The van der Waals surface area contributed by atoms with Crippen LogP contribution in [0.4, 0.5) is 5.95 Å². The fraction of sp³-hybridized carbons (Fsp3) is 0.312. The van der Waals surface area contributed by atoms with Gasteiger partial charge in [0.25, 0.3) is 5.56 Å². The number of aromatic amines is 1. The molecule has 0 aliphatic rings. The van der Waals surface area contributed by atoms with Crippen molar-refractivity contribution in [3.8, 4) is 5.69 Å². The predicted molar refractivity (Wildman–Crippen MR) is 89.1 cm³/mol. The van der Waals surface area contributed by atoms with Crippen LogP contribution in [-0.2, 0) is 0 Å². The van der Waals surface area contributed by atoms with Crippen LogP contribution in [0.1, 0.15) is 13.8 Å². The highest BCUT2D eigenvalue weighted by Crippen LogP contribution is 2.17. The van der Waals surface area contributed by atoms with E-state index < -0.39 is 0 Å². The van der Waals surface area contributed by atoms with E-state index >= 15 is 0 Å². The number of fused-ring (bicyclic) bond motifs is 1. The molecule has 2 N–H and O–H groups in total. The van der Waals surface area contributed by atoms with E-state index in [-0.39, 0.29) is 18.2 Å². The molecule has 3 rings (SSSR count). The first-order chi connectivity index (χ1) is 11.1. The summed E-state index contributed by atoms with van der Waals surface area (Å²) in [6.07, 6.45) is 1.52. The van der Waals surface area contributed by atoms with E-state index in [1.165, 1.54) is 6.20 Å². The van der Waals surface area contributed by atoms with Crippen LogP contribution in [0, 0.1) is 0 Å². The van der Waals surface area contributed by atoms with Crippen molar-refractivity contribution in [1.29, 1.82) is 0 Å². The first-order valence-corrected chi connectivity index (χ1v) is 7.53. The Balaban J connectivity index is 2.18. The van der Waals surface area contributed by atoms with Gasteiger partial charge < -0.3 is 10.0 Å². The maximum absolute atomic E-state index is 12.3. The Labute approximate surface area is 133 Å². The van der Waals surface area contributed by atoms with Crippen molar-refractivity contribution in [2.45, 2.75) is 19.9 Å². The van der Waals surface area contributed by atoms with E-state index in [2.05, 4.69) is 15.1 Å². The Kier molecular flexibility index (Phi) is 4.12. The molecule has 2 heterocycles. The Morgan fingerprint density at radius 2 is 2.04 bits per heavy atom. The van der Waals surface area contributed by atoms with Gasteiger partial charge in [-0.3, -0.25) is 9.78 Å². The number of benzene rings is 1. The highest BCUT2D eigenvalue weighted by molar-refractivity contribution is 5.76. The first-order valence-electron chi connectivity index (χ1n) is 7.53. The third-order valence-electron chi connectivity index (χ3n) is 3.66. The molecule has 0 spiro atoms. The van der Waals surface area contributed by atoms with Crippen LogP contribution in [0.2, 0.25) is 0 Å². The molecule has 120 valence electrons. The number of H-pyrrole nitrogens is 1. The number of hydrogen-bond donors (Lipinski definition) is 2. The van der Waals surface area contributed by atoms with E-state index in [0.29, 0.717) is 23.5 Å². The minimum absolute atomic E-state index is 0.0160. The molecule has 0 unspecified atom stereocenters. The number of aromatic nitrogens is 4. The summed E-state index contributed by atoms with van der Waals surface area (Å²) in [5.41, 5.74) is 1.10. The predicted octanol–water partition coefficient (Wildman–Crippen LogP) is 1.32. The second-order valence-electron chi connectivity index (χ2n) is 5.53. The van der Waals surface area contributed by atoms with Gasteiger partial charge in [-0.25, -0.2) is 4.68 Å². The topological polar surface area (TPSA) is 87.0 Å². The molecular formula is C16H19N5O2. The van der Waals surface area contributed by atoms with Crippen LogP contribution < -0.4 is 10.5 Å². The van der Waals surface area contributed by atoms with Gasteiger partial charge in [0.2, 0.25) is 5.95 Å². The monoisotopic (exact) mass is 313 g/mol. The second kappa shape index (κ2) is 6.21. The Hall–Kier alpha value is -2.67. The van der Waals surface area contributed by atoms with Crippen LogP contribution in [0.3, 0.4) is 0 Å². The number of aliphatic hydroxyl groups excluding tert-OH is 1. The molecule has 2 aromatic heterocycles. The molecular weight excluding hydrogens is 294 g/mol. The Morgan fingerprint density at radius 1 is 1.30 bits per heavy atom. The van der Waals surface area contributed by atoms with Crippen LogP contribution in [0.25, 0.3) is 16.7 Å².